The van der Waals surface area contributed by atoms with E-state index in [4.69, 9.17) is 27.6 Å². The van der Waals surface area contributed by atoms with Gasteiger partial charge in [0.15, 0.2) is 0 Å². The highest BCUT2D eigenvalue weighted by atomic mass is 35.5. The van der Waals surface area contributed by atoms with Gasteiger partial charge in [0.2, 0.25) is 11.8 Å². The van der Waals surface area contributed by atoms with Crippen LogP contribution in [0.2, 0.25) is 10.0 Å². The molecule has 1 amide bonds. The van der Waals surface area contributed by atoms with Gasteiger partial charge in [-0.25, -0.2) is 0 Å². The molecule has 1 N–H and O–H groups in total. The summed E-state index contributed by atoms with van der Waals surface area (Å²) in [5.74, 6) is 0.149. The van der Waals surface area contributed by atoms with Gasteiger partial charge in [-0.15, -0.1) is 10.2 Å². The van der Waals surface area contributed by atoms with Crippen LogP contribution in [-0.2, 0) is 4.79 Å². The third-order valence-electron chi connectivity index (χ3n) is 3.19. The van der Waals surface area contributed by atoms with Crippen LogP contribution in [-0.4, -0.2) is 26.8 Å². The number of aryl methyl sites for hydroxylation is 1. The van der Waals surface area contributed by atoms with Crippen LogP contribution < -0.4 is 5.32 Å². The number of aromatic nitrogens is 3. The van der Waals surface area contributed by atoms with Crippen molar-refractivity contribution in [3.8, 4) is 11.5 Å². The molecule has 0 bridgehead atoms. The van der Waals surface area contributed by atoms with Crippen molar-refractivity contribution >= 4 is 46.6 Å². The quantitative estimate of drug-likeness (QED) is 0.642. The molecule has 0 fully saturated rings. The van der Waals surface area contributed by atoms with Gasteiger partial charge >= 0.3 is 0 Å². The smallest absolute Gasteiger partial charge is 0.277 e. The minimum absolute atomic E-state index is 0.0786. The molecule has 25 heavy (non-hydrogen) atoms. The summed E-state index contributed by atoms with van der Waals surface area (Å²) >= 11 is 13.4. The first-order chi connectivity index (χ1) is 12.0. The van der Waals surface area contributed by atoms with Gasteiger partial charge in [0.05, 0.1) is 27.0 Å². The fourth-order valence-corrected chi connectivity index (χ4v) is 2.98. The lowest BCUT2D eigenvalue weighted by Crippen LogP contribution is -2.15. The van der Waals surface area contributed by atoms with E-state index in [2.05, 4.69) is 20.5 Å². The Balaban J connectivity index is 1.62. The van der Waals surface area contributed by atoms with Crippen LogP contribution >= 0.6 is 35.0 Å². The van der Waals surface area contributed by atoms with Crippen LogP contribution in [0.15, 0.2) is 46.3 Å². The highest BCUT2D eigenvalue weighted by molar-refractivity contribution is 7.99. The van der Waals surface area contributed by atoms with E-state index in [0.29, 0.717) is 27.2 Å². The van der Waals surface area contributed by atoms with E-state index in [1.165, 1.54) is 0 Å². The zero-order chi connectivity index (χ0) is 17.8. The Morgan fingerprint density at radius 3 is 2.88 bits per heavy atom. The number of carbonyl (C=O) groups excluding carboxylic acids is 1. The van der Waals surface area contributed by atoms with Crippen LogP contribution in [0.3, 0.4) is 0 Å². The number of hydrogen-bond donors (Lipinski definition) is 1. The van der Waals surface area contributed by atoms with E-state index >= 15 is 0 Å². The Bertz CT molecular complexity index is 902. The first kappa shape index (κ1) is 17.7. The summed E-state index contributed by atoms with van der Waals surface area (Å²) in [6, 6.07) is 7.05. The number of halogens is 2. The normalized spacial score (nSPS) is 10.7. The van der Waals surface area contributed by atoms with E-state index < -0.39 is 0 Å². The van der Waals surface area contributed by atoms with Gasteiger partial charge in [0.25, 0.3) is 5.22 Å². The maximum atomic E-state index is 12.1. The predicted molar refractivity (Wildman–Crippen MR) is 98.1 cm³/mol. The van der Waals surface area contributed by atoms with Crippen LogP contribution in [0.25, 0.3) is 11.5 Å². The van der Waals surface area contributed by atoms with Gasteiger partial charge in [0.1, 0.15) is 0 Å². The highest BCUT2D eigenvalue weighted by Crippen LogP contribution is 2.33. The maximum absolute atomic E-state index is 12.1. The zero-order valence-corrected chi connectivity index (χ0v) is 15.3. The number of benzene rings is 1. The number of anilines is 1. The van der Waals surface area contributed by atoms with Crippen molar-refractivity contribution in [1.29, 1.82) is 0 Å². The first-order valence-electron chi connectivity index (χ1n) is 7.16. The lowest BCUT2D eigenvalue weighted by atomic mass is 10.2. The van der Waals surface area contributed by atoms with E-state index in [-0.39, 0.29) is 16.9 Å². The highest BCUT2D eigenvalue weighted by Gasteiger charge is 2.14. The molecule has 1 aromatic carbocycles. The number of amides is 1. The van der Waals surface area contributed by atoms with E-state index in [1.54, 1.807) is 30.6 Å². The summed E-state index contributed by atoms with van der Waals surface area (Å²) in [5.41, 5.74) is 1.94. The van der Waals surface area contributed by atoms with Crippen molar-refractivity contribution in [2.24, 2.45) is 0 Å². The molecule has 3 rings (SSSR count). The minimum Gasteiger partial charge on any atom is -0.411 e. The molecule has 0 saturated heterocycles. The summed E-state index contributed by atoms with van der Waals surface area (Å²) in [5, 5.41) is 11.6. The fourth-order valence-electron chi connectivity index (χ4n) is 1.95. The standard InChI is InChI=1S/C16H12Cl2N4O2S/c1-9-4-5-11(17)14(13(9)18)20-12(23)8-25-16-22-21-15(24-16)10-3-2-6-19-7-10/h2-7H,8H2,1H3,(H,20,23). The van der Waals surface area contributed by atoms with Gasteiger partial charge < -0.3 is 9.73 Å². The molecule has 0 aliphatic carbocycles. The average molecular weight is 395 g/mol. The molecule has 0 saturated carbocycles. The Morgan fingerprint density at radius 2 is 2.12 bits per heavy atom. The lowest BCUT2D eigenvalue weighted by Gasteiger charge is -2.10. The molecular formula is C16H12Cl2N4O2S. The molecule has 0 aliphatic heterocycles. The molecule has 2 heterocycles. The van der Waals surface area contributed by atoms with Crippen molar-refractivity contribution in [1.82, 2.24) is 15.2 Å². The van der Waals surface area contributed by atoms with E-state index in [1.807, 2.05) is 13.0 Å². The number of nitrogens with one attached hydrogen (secondary N) is 1. The zero-order valence-electron chi connectivity index (χ0n) is 13.0. The van der Waals surface area contributed by atoms with Crippen molar-refractivity contribution in [2.75, 3.05) is 11.1 Å². The molecule has 128 valence electrons. The summed E-state index contributed by atoms with van der Waals surface area (Å²) in [6.45, 7) is 1.83. The number of nitrogens with zero attached hydrogens (tertiary/aromatic N) is 3. The predicted octanol–water partition coefficient (Wildman–Crippen LogP) is 4.48. The number of thioether (sulfide) groups is 1. The monoisotopic (exact) mass is 394 g/mol. The second kappa shape index (κ2) is 7.86. The molecule has 0 unspecified atom stereocenters. The first-order valence-corrected chi connectivity index (χ1v) is 8.90. The third-order valence-corrected chi connectivity index (χ3v) is 4.81. The Labute approximate surface area is 158 Å². The van der Waals surface area contributed by atoms with Gasteiger partial charge in [-0.3, -0.25) is 9.78 Å². The SMILES string of the molecule is Cc1ccc(Cl)c(NC(=O)CSc2nnc(-c3cccnc3)o2)c1Cl. The third kappa shape index (κ3) is 4.31. The molecule has 0 atom stereocenters. The summed E-state index contributed by atoms with van der Waals surface area (Å²) in [6.07, 6.45) is 3.28. The van der Waals surface area contributed by atoms with Crippen LogP contribution in [0.4, 0.5) is 5.69 Å². The topological polar surface area (TPSA) is 80.9 Å². The van der Waals surface area contributed by atoms with Crippen molar-refractivity contribution < 1.29 is 9.21 Å². The molecule has 0 aliphatic rings. The molecule has 2 aromatic heterocycles. The van der Waals surface area contributed by atoms with Gasteiger partial charge in [-0.2, -0.15) is 0 Å². The summed E-state index contributed by atoms with van der Waals surface area (Å²) < 4.78 is 5.51. The second-order valence-corrected chi connectivity index (χ2v) is 6.72. The Morgan fingerprint density at radius 1 is 1.28 bits per heavy atom. The van der Waals surface area contributed by atoms with Crippen molar-refractivity contribution in [3.05, 3.63) is 52.3 Å². The van der Waals surface area contributed by atoms with Crippen molar-refractivity contribution in [3.63, 3.8) is 0 Å². The molecule has 6 nitrogen and oxygen atoms in total. The van der Waals surface area contributed by atoms with E-state index in [9.17, 15) is 4.79 Å². The molecule has 0 spiro atoms. The van der Waals surface area contributed by atoms with Crippen LogP contribution in [0, 0.1) is 6.92 Å². The van der Waals surface area contributed by atoms with Crippen molar-refractivity contribution in [2.45, 2.75) is 12.1 Å². The lowest BCUT2D eigenvalue weighted by molar-refractivity contribution is -0.113. The average Bonchev–Trinajstić information content (AvgIpc) is 3.10. The molecule has 9 heteroatoms. The van der Waals surface area contributed by atoms with E-state index in [0.717, 1.165) is 17.3 Å². The second-order valence-electron chi connectivity index (χ2n) is 5.00. The Kier molecular flexibility index (Phi) is 5.57. The Hall–Kier alpha value is -2.09. The molecule has 3 aromatic rings. The van der Waals surface area contributed by atoms with Crippen LogP contribution in [0.5, 0.6) is 0 Å². The largest absolute Gasteiger partial charge is 0.411 e. The molecule has 0 radical (unpaired) electrons. The van der Waals surface area contributed by atoms with Gasteiger partial charge in [-0.05, 0) is 30.7 Å². The number of pyridine rings is 1. The fraction of sp³-hybridized carbons (Fsp3) is 0.125. The van der Waals surface area contributed by atoms with Crippen LogP contribution in [0.1, 0.15) is 5.56 Å². The summed E-state index contributed by atoms with van der Waals surface area (Å²) in [4.78, 5) is 16.1. The van der Waals surface area contributed by atoms with Gasteiger partial charge in [-0.1, -0.05) is 41.0 Å². The summed E-state index contributed by atoms with van der Waals surface area (Å²) in [7, 11) is 0. The number of carbonyl (C=O) groups is 1. The minimum atomic E-state index is -0.277. The number of rotatable bonds is 5. The molecular weight excluding hydrogens is 383 g/mol. The number of hydrogen-bond acceptors (Lipinski definition) is 6. The van der Waals surface area contributed by atoms with Gasteiger partial charge in [0, 0.05) is 12.4 Å². The maximum Gasteiger partial charge on any atom is 0.277 e.